The van der Waals surface area contributed by atoms with Crippen molar-refractivity contribution in [3.63, 3.8) is 0 Å². The maximum atomic E-state index is 6.10. The topological polar surface area (TPSA) is 29.6 Å². The molecule has 9 rings (SSSR count). The molecule has 2 aliphatic rings. The van der Waals surface area contributed by atoms with Gasteiger partial charge in [0.05, 0.1) is 21.4 Å². The third-order valence-electron chi connectivity index (χ3n) is 9.05. The molecule has 6 heteroatoms. The van der Waals surface area contributed by atoms with Gasteiger partial charge < -0.3 is 4.57 Å². The zero-order valence-corrected chi connectivity index (χ0v) is 26.6. The number of para-hydroxylation sites is 1. The van der Waals surface area contributed by atoms with Crippen LogP contribution in [0.3, 0.4) is 0 Å². The van der Waals surface area contributed by atoms with Crippen molar-refractivity contribution in [1.29, 1.82) is 0 Å². The quantitative estimate of drug-likeness (QED) is 0.107. The highest BCUT2D eigenvalue weighted by atomic mass is 35.5. The molecular formula is C39H26ClN3S2. The van der Waals surface area contributed by atoms with Crippen molar-refractivity contribution in [2.45, 2.75) is 11.3 Å². The van der Waals surface area contributed by atoms with Crippen LogP contribution in [0.1, 0.15) is 12.0 Å². The Kier molecular flexibility index (Phi) is 6.34. The second-order valence-electron chi connectivity index (χ2n) is 11.4. The lowest BCUT2D eigenvalue weighted by atomic mass is 9.91. The van der Waals surface area contributed by atoms with Gasteiger partial charge in [0.25, 0.3) is 0 Å². The molecule has 3 nitrogen and oxygen atoms in total. The highest BCUT2D eigenvalue weighted by molar-refractivity contribution is 8.15. The van der Waals surface area contributed by atoms with E-state index in [1.165, 1.54) is 63.3 Å². The summed E-state index contributed by atoms with van der Waals surface area (Å²) in [6.45, 7) is 4.02. The van der Waals surface area contributed by atoms with Crippen LogP contribution in [0.4, 0.5) is 0 Å². The van der Waals surface area contributed by atoms with E-state index in [1.54, 1.807) is 11.8 Å². The monoisotopic (exact) mass is 635 g/mol. The van der Waals surface area contributed by atoms with Gasteiger partial charge in [0.1, 0.15) is 11.0 Å². The van der Waals surface area contributed by atoms with E-state index in [0.29, 0.717) is 0 Å². The van der Waals surface area contributed by atoms with Crippen molar-refractivity contribution in [3.8, 4) is 0 Å². The van der Waals surface area contributed by atoms with Crippen LogP contribution in [0.15, 0.2) is 136 Å². The van der Waals surface area contributed by atoms with Gasteiger partial charge in [0.2, 0.25) is 0 Å². The first-order chi connectivity index (χ1) is 22.3. The number of alkyl halides is 1. The first-order valence-corrected chi connectivity index (χ1v) is 17.2. The fourth-order valence-corrected chi connectivity index (χ4v) is 9.73. The Bertz CT molecular complexity index is 2510. The summed E-state index contributed by atoms with van der Waals surface area (Å²) in [4.78, 5) is 10.4. The highest BCUT2D eigenvalue weighted by Gasteiger charge is 2.30. The van der Waals surface area contributed by atoms with Gasteiger partial charge >= 0.3 is 0 Å². The van der Waals surface area contributed by atoms with Gasteiger partial charge in [-0.25, -0.2) is 0 Å². The molecule has 0 bridgehead atoms. The van der Waals surface area contributed by atoms with E-state index < -0.39 is 0 Å². The molecule has 0 saturated heterocycles. The molecule has 5 aromatic carbocycles. The number of rotatable bonds is 4. The van der Waals surface area contributed by atoms with Crippen LogP contribution in [0.5, 0.6) is 0 Å². The minimum atomic E-state index is 0.0757. The zero-order valence-electron chi connectivity index (χ0n) is 24.2. The summed E-state index contributed by atoms with van der Waals surface area (Å²) in [6, 6.07) is 35.1. The van der Waals surface area contributed by atoms with E-state index >= 15 is 0 Å². The van der Waals surface area contributed by atoms with Crippen LogP contribution in [-0.2, 0) is 0 Å². The molecule has 0 spiro atoms. The Morgan fingerprint density at radius 2 is 1.56 bits per heavy atom. The van der Waals surface area contributed by atoms with Crippen LogP contribution in [0, 0.1) is 5.92 Å². The van der Waals surface area contributed by atoms with Crippen molar-refractivity contribution in [2.24, 2.45) is 15.9 Å². The molecule has 1 aliphatic heterocycles. The van der Waals surface area contributed by atoms with Gasteiger partial charge in [-0.3, -0.25) is 9.98 Å². The molecule has 0 amide bonds. The Balaban J connectivity index is 1.27. The van der Waals surface area contributed by atoms with E-state index in [0.717, 1.165) is 28.3 Å². The molecule has 0 saturated carbocycles. The summed E-state index contributed by atoms with van der Waals surface area (Å²) >= 11 is 9.66. The van der Waals surface area contributed by atoms with Gasteiger partial charge in [-0.05, 0) is 48.2 Å². The van der Waals surface area contributed by atoms with Crippen molar-refractivity contribution in [2.75, 3.05) is 6.00 Å². The number of aromatic nitrogens is 1. The van der Waals surface area contributed by atoms with E-state index in [9.17, 15) is 0 Å². The highest BCUT2D eigenvalue weighted by Crippen LogP contribution is 2.49. The van der Waals surface area contributed by atoms with Crippen molar-refractivity contribution in [3.05, 3.63) is 127 Å². The van der Waals surface area contributed by atoms with Crippen molar-refractivity contribution >= 4 is 110 Å². The minimum absolute atomic E-state index is 0.0757. The first kappa shape index (κ1) is 26.9. The summed E-state index contributed by atoms with van der Waals surface area (Å²) in [5, 5.41) is 8.77. The number of thioether (sulfide) groups is 1. The number of nitrogens with zero attached hydrogens (tertiary/aromatic N) is 3. The summed E-state index contributed by atoms with van der Waals surface area (Å²) in [6.07, 6.45) is 7.73. The molecule has 3 heterocycles. The van der Waals surface area contributed by atoms with Crippen molar-refractivity contribution in [1.82, 2.24) is 4.57 Å². The third-order valence-corrected chi connectivity index (χ3v) is 11.4. The molecule has 1 aliphatic carbocycles. The predicted octanol–water partition coefficient (Wildman–Crippen LogP) is 11.5. The SMILES string of the molecule is C=N/C(=C1\C(=N/CCl)Sc2ccccc21)C1C=CC(n2c3ccccc3c3c4ccccc4c4c5ccccc5sc4c32)=CC1. The fraction of sp³-hybridized carbons (Fsp3) is 0.0769. The van der Waals surface area contributed by atoms with E-state index in [-0.39, 0.29) is 11.9 Å². The van der Waals surface area contributed by atoms with Gasteiger partial charge in [0, 0.05) is 53.9 Å². The number of allylic oxidation sites excluding steroid dienone is 4. The normalized spacial score (nSPS) is 18.5. The fourth-order valence-electron chi connectivity index (χ4n) is 7.20. The molecule has 1 atom stereocenters. The molecule has 2 aromatic heterocycles. The van der Waals surface area contributed by atoms with E-state index in [1.807, 2.05) is 11.3 Å². The number of hydrogen-bond donors (Lipinski definition) is 0. The van der Waals surface area contributed by atoms with Gasteiger partial charge in [-0.15, -0.1) is 22.9 Å². The van der Waals surface area contributed by atoms with Crippen LogP contribution < -0.4 is 0 Å². The minimum Gasteiger partial charge on any atom is -0.308 e. The lowest BCUT2D eigenvalue weighted by molar-refractivity contribution is 0.761. The predicted molar refractivity (Wildman–Crippen MR) is 198 cm³/mol. The standard InChI is InChI=1S/C39H26ClN3S2/c1-41-36(35-29-14-6-9-17-32(29)45-39(35)42-22-40)23-18-20-24(21-19-23)43-30-15-7-4-12-27(30)33-25-10-2-3-11-26(25)34-28-13-5-8-16-31(28)44-38(34)37(33)43/h2-18,20-21,23H,1,19,22H2/b36-35-,42-39+. The maximum absolute atomic E-state index is 6.10. The Morgan fingerprint density at radius 1 is 0.844 bits per heavy atom. The van der Waals surface area contributed by atoms with Crippen LogP contribution in [-0.4, -0.2) is 22.3 Å². The smallest absolute Gasteiger partial charge is 0.114 e. The summed E-state index contributed by atoms with van der Waals surface area (Å²) < 4.78 is 5.12. The third kappa shape index (κ3) is 3.98. The number of fused-ring (bicyclic) bond motifs is 11. The first-order valence-electron chi connectivity index (χ1n) is 15.0. The number of halogens is 1. The molecule has 216 valence electrons. The summed E-state index contributed by atoms with van der Waals surface area (Å²) in [5.41, 5.74) is 6.82. The van der Waals surface area contributed by atoms with Crippen molar-refractivity contribution < 1.29 is 0 Å². The van der Waals surface area contributed by atoms with Crippen LogP contribution in [0.25, 0.3) is 64.0 Å². The molecule has 0 N–H and O–H groups in total. The Labute approximate surface area is 273 Å². The van der Waals surface area contributed by atoms with E-state index in [4.69, 9.17) is 11.6 Å². The molecule has 7 aromatic rings. The Morgan fingerprint density at radius 3 is 2.33 bits per heavy atom. The second-order valence-corrected chi connectivity index (χ2v) is 13.7. The van der Waals surface area contributed by atoms with Gasteiger partial charge in [0.15, 0.2) is 0 Å². The number of aliphatic imine (C=N–C) groups is 2. The second kappa shape index (κ2) is 10.6. The number of benzene rings is 5. The molecular weight excluding hydrogens is 610 g/mol. The average Bonchev–Trinajstić information content (AvgIpc) is 3.76. The van der Waals surface area contributed by atoms with Crippen LogP contribution >= 0.6 is 34.7 Å². The lowest BCUT2D eigenvalue weighted by Crippen LogP contribution is -2.08. The zero-order chi connectivity index (χ0) is 30.1. The lowest BCUT2D eigenvalue weighted by Gasteiger charge is -2.21. The molecule has 45 heavy (non-hydrogen) atoms. The number of hydrogen-bond acceptors (Lipinski definition) is 4. The summed E-state index contributed by atoms with van der Waals surface area (Å²) in [5.74, 6) is 0.0757. The maximum Gasteiger partial charge on any atom is 0.114 e. The number of thiophene rings is 1. The van der Waals surface area contributed by atoms with Gasteiger partial charge in [-0.2, -0.15) is 0 Å². The summed E-state index contributed by atoms with van der Waals surface area (Å²) in [7, 11) is 0. The molecule has 0 radical (unpaired) electrons. The molecule has 1 unspecified atom stereocenters. The van der Waals surface area contributed by atoms with Crippen LogP contribution in [0.2, 0.25) is 0 Å². The largest absolute Gasteiger partial charge is 0.308 e. The molecule has 0 fully saturated rings. The van der Waals surface area contributed by atoms with Gasteiger partial charge in [-0.1, -0.05) is 103 Å². The average molecular weight is 636 g/mol. The Hall–Kier alpha value is -4.42. The van der Waals surface area contributed by atoms with E-state index in [2.05, 4.69) is 137 Å².